The Bertz CT molecular complexity index is 1250. The summed E-state index contributed by atoms with van der Waals surface area (Å²) in [7, 11) is 1.52. The summed E-state index contributed by atoms with van der Waals surface area (Å²) in [6.07, 6.45) is -4.24. The first-order valence-corrected chi connectivity index (χ1v) is 11.2. The molecular formula is C27H28F3NO5. The molecule has 192 valence electrons. The summed E-state index contributed by atoms with van der Waals surface area (Å²) in [5, 5.41) is 13.5. The van der Waals surface area contributed by atoms with Gasteiger partial charge in [-0.2, -0.15) is 13.2 Å². The Balaban J connectivity index is 1.96. The van der Waals surface area contributed by atoms with Crippen LogP contribution in [0.2, 0.25) is 0 Å². The average molecular weight is 504 g/mol. The Morgan fingerprint density at radius 3 is 2.22 bits per heavy atom. The number of rotatable bonds is 8. The standard InChI is InChI=1S/C27H28F3NO5/c1-26(2,3)14-22(25(33)34)31-24(32)21-11-7-17-13-19(35-4)10-12-20(17)23(21)36-15-16-5-8-18(9-6-16)27(28,29)30/h5-13,22H,14-15H2,1-4H3,(H,31,32)(H,33,34). The molecule has 3 aromatic rings. The first kappa shape index (κ1) is 26.8. The number of carboxylic acid groups (broad SMARTS) is 1. The van der Waals surface area contributed by atoms with Gasteiger partial charge >= 0.3 is 12.1 Å². The number of carbonyl (C=O) groups is 2. The minimum Gasteiger partial charge on any atom is -0.497 e. The van der Waals surface area contributed by atoms with Crippen LogP contribution in [0.1, 0.15) is 48.7 Å². The second-order valence-corrected chi connectivity index (χ2v) is 9.64. The van der Waals surface area contributed by atoms with Crippen molar-refractivity contribution in [3.63, 3.8) is 0 Å². The van der Waals surface area contributed by atoms with Crippen molar-refractivity contribution in [3.05, 3.63) is 71.3 Å². The van der Waals surface area contributed by atoms with E-state index in [-0.39, 0.29) is 29.8 Å². The molecular weight excluding hydrogens is 475 g/mol. The zero-order valence-corrected chi connectivity index (χ0v) is 20.4. The molecule has 1 unspecified atom stereocenters. The van der Waals surface area contributed by atoms with Crippen molar-refractivity contribution in [1.82, 2.24) is 5.32 Å². The van der Waals surface area contributed by atoms with E-state index in [2.05, 4.69) is 5.32 Å². The van der Waals surface area contributed by atoms with Crippen molar-refractivity contribution < 1.29 is 37.3 Å². The van der Waals surface area contributed by atoms with Gasteiger partial charge in [0.25, 0.3) is 5.91 Å². The van der Waals surface area contributed by atoms with Gasteiger partial charge in [0.1, 0.15) is 24.1 Å². The number of fused-ring (bicyclic) bond motifs is 1. The molecule has 0 heterocycles. The summed E-state index contributed by atoms with van der Waals surface area (Å²) in [6, 6.07) is 11.8. The summed E-state index contributed by atoms with van der Waals surface area (Å²) in [6.45, 7) is 5.51. The lowest BCUT2D eigenvalue weighted by Crippen LogP contribution is -2.43. The predicted molar refractivity (Wildman–Crippen MR) is 129 cm³/mol. The highest BCUT2D eigenvalue weighted by Crippen LogP contribution is 2.34. The summed E-state index contributed by atoms with van der Waals surface area (Å²) in [4.78, 5) is 25.0. The third kappa shape index (κ3) is 6.68. The van der Waals surface area contributed by atoms with E-state index in [4.69, 9.17) is 9.47 Å². The molecule has 0 saturated carbocycles. The Hall–Kier alpha value is -3.75. The van der Waals surface area contributed by atoms with Crippen molar-refractivity contribution in [2.45, 2.75) is 46.0 Å². The number of benzene rings is 3. The molecule has 0 aromatic heterocycles. The van der Waals surface area contributed by atoms with Crippen LogP contribution in [0.15, 0.2) is 54.6 Å². The first-order valence-electron chi connectivity index (χ1n) is 11.2. The molecule has 1 atom stereocenters. The third-order valence-electron chi connectivity index (χ3n) is 5.51. The number of nitrogens with one attached hydrogen (secondary N) is 1. The van der Waals surface area contributed by atoms with Crippen molar-refractivity contribution in [2.75, 3.05) is 7.11 Å². The second kappa shape index (κ2) is 10.5. The SMILES string of the molecule is COc1ccc2c(OCc3ccc(C(F)(F)F)cc3)c(C(=O)NC(CC(C)(C)C)C(=O)O)ccc2c1. The zero-order valence-electron chi connectivity index (χ0n) is 20.4. The van der Waals surface area contributed by atoms with Crippen LogP contribution in [0.4, 0.5) is 13.2 Å². The van der Waals surface area contributed by atoms with E-state index in [0.717, 1.165) is 12.1 Å². The summed E-state index contributed by atoms with van der Waals surface area (Å²) in [5.41, 5.74) is -0.545. The van der Waals surface area contributed by atoms with Crippen LogP contribution in [0.3, 0.4) is 0 Å². The van der Waals surface area contributed by atoms with Gasteiger partial charge in [-0.25, -0.2) is 4.79 Å². The topological polar surface area (TPSA) is 84.9 Å². The van der Waals surface area contributed by atoms with Crippen LogP contribution >= 0.6 is 0 Å². The zero-order chi connectivity index (χ0) is 26.7. The third-order valence-corrected chi connectivity index (χ3v) is 5.51. The van der Waals surface area contributed by atoms with Crippen LogP contribution in [0.5, 0.6) is 11.5 Å². The molecule has 0 bridgehead atoms. The number of alkyl halides is 3. The lowest BCUT2D eigenvalue weighted by atomic mass is 9.88. The molecule has 0 aliphatic rings. The number of carbonyl (C=O) groups excluding carboxylic acids is 1. The lowest BCUT2D eigenvalue weighted by molar-refractivity contribution is -0.140. The highest BCUT2D eigenvalue weighted by molar-refractivity contribution is 6.05. The van der Waals surface area contributed by atoms with E-state index in [9.17, 15) is 27.9 Å². The number of hydrogen-bond donors (Lipinski definition) is 2. The molecule has 0 aliphatic heterocycles. The molecule has 1 amide bonds. The molecule has 2 N–H and O–H groups in total. The first-order chi connectivity index (χ1) is 16.8. The molecule has 9 heteroatoms. The van der Waals surface area contributed by atoms with Crippen LogP contribution < -0.4 is 14.8 Å². The number of ether oxygens (including phenoxy) is 2. The smallest absolute Gasteiger partial charge is 0.416 e. The van der Waals surface area contributed by atoms with Gasteiger partial charge in [0.15, 0.2) is 0 Å². The summed E-state index contributed by atoms with van der Waals surface area (Å²) >= 11 is 0. The van der Waals surface area contributed by atoms with Crippen LogP contribution in [0, 0.1) is 5.41 Å². The molecule has 0 fully saturated rings. The summed E-state index contributed by atoms with van der Waals surface area (Å²) in [5.74, 6) is -1.01. The summed E-state index contributed by atoms with van der Waals surface area (Å²) < 4.78 is 49.9. The van der Waals surface area contributed by atoms with E-state index in [0.29, 0.717) is 22.1 Å². The molecule has 0 saturated heterocycles. The lowest BCUT2D eigenvalue weighted by Gasteiger charge is -2.24. The van der Waals surface area contributed by atoms with Gasteiger partial charge in [0.2, 0.25) is 0 Å². The van der Waals surface area contributed by atoms with Crippen molar-refractivity contribution >= 4 is 22.6 Å². The second-order valence-electron chi connectivity index (χ2n) is 9.64. The number of carboxylic acids is 1. The maximum atomic E-state index is 13.2. The fraction of sp³-hybridized carbons (Fsp3) is 0.333. The van der Waals surface area contributed by atoms with Gasteiger partial charge in [-0.3, -0.25) is 4.79 Å². The van der Waals surface area contributed by atoms with E-state index in [1.807, 2.05) is 20.8 Å². The van der Waals surface area contributed by atoms with Crippen molar-refractivity contribution in [3.8, 4) is 11.5 Å². The van der Waals surface area contributed by atoms with Crippen LogP contribution in [-0.4, -0.2) is 30.1 Å². The van der Waals surface area contributed by atoms with Gasteiger partial charge in [-0.15, -0.1) is 0 Å². The predicted octanol–water partition coefficient (Wildman–Crippen LogP) is 6.07. The molecule has 3 aromatic carbocycles. The Labute approximate surface area is 207 Å². The fourth-order valence-electron chi connectivity index (χ4n) is 3.73. The Morgan fingerprint density at radius 1 is 1.00 bits per heavy atom. The van der Waals surface area contributed by atoms with Gasteiger partial charge in [0, 0.05) is 5.39 Å². The Kier molecular flexibility index (Phi) is 7.81. The molecule has 0 aliphatic carbocycles. The minimum absolute atomic E-state index is 0.103. The number of amides is 1. The molecule has 36 heavy (non-hydrogen) atoms. The molecule has 6 nitrogen and oxygen atoms in total. The Morgan fingerprint density at radius 2 is 1.67 bits per heavy atom. The van der Waals surface area contributed by atoms with Gasteiger partial charge < -0.3 is 19.9 Å². The molecule has 3 rings (SSSR count). The fourth-order valence-corrected chi connectivity index (χ4v) is 3.73. The number of hydrogen-bond acceptors (Lipinski definition) is 4. The maximum absolute atomic E-state index is 13.2. The number of halogens is 3. The van der Waals surface area contributed by atoms with E-state index >= 15 is 0 Å². The van der Waals surface area contributed by atoms with Gasteiger partial charge in [-0.1, -0.05) is 39.0 Å². The molecule has 0 radical (unpaired) electrons. The highest BCUT2D eigenvalue weighted by Gasteiger charge is 2.30. The largest absolute Gasteiger partial charge is 0.497 e. The quantitative estimate of drug-likeness (QED) is 0.390. The van der Waals surface area contributed by atoms with Gasteiger partial charge in [0.05, 0.1) is 18.2 Å². The van der Waals surface area contributed by atoms with Crippen LogP contribution in [-0.2, 0) is 17.6 Å². The van der Waals surface area contributed by atoms with E-state index in [1.54, 1.807) is 24.3 Å². The van der Waals surface area contributed by atoms with E-state index < -0.39 is 29.7 Å². The highest BCUT2D eigenvalue weighted by atomic mass is 19.4. The number of aliphatic carboxylic acids is 1. The van der Waals surface area contributed by atoms with Crippen molar-refractivity contribution in [1.29, 1.82) is 0 Å². The van der Waals surface area contributed by atoms with Crippen molar-refractivity contribution in [2.24, 2.45) is 5.41 Å². The average Bonchev–Trinajstić information content (AvgIpc) is 2.80. The van der Waals surface area contributed by atoms with Gasteiger partial charge in [-0.05, 0) is 59.2 Å². The monoisotopic (exact) mass is 503 g/mol. The van der Waals surface area contributed by atoms with E-state index in [1.165, 1.54) is 25.3 Å². The normalized spacial score (nSPS) is 12.8. The van der Waals surface area contributed by atoms with Crippen LogP contribution in [0.25, 0.3) is 10.8 Å². The minimum atomic E-state index is -4.45. The molecule has 0 spiro atoms. The maximum Gasteiger partial charge on any atom is 0.416 e. The number of methoxy groups -OCH3 is 1.